The minimum Gasteiger partial charge on any atom is -0.444 e. The summed E-state index contributed by atoms with van der Waals surface area (Å²) in [5.74, 6) is 0.716. The van der Waals surface area contributed by atoms with E-state index in [0.717, 1.165) is 36.1 Å². The van der Waals surface area contributed by atoms with Crippen molar-refractivity contribution in [3.63, 3.8) is 0 Å². The number of carbonyl (C=O) groups excluding carboxylic acids is 1. The summed E-state index contributed by atoms with van der Waals surface area (Å²) in [6.45, 7) is 4.42. The lowest BCUT2D eigenvalue weighted by molar-refractivity contribution is 0.116. The highest BCUT2D eigenvalue weighted by molar-refractivity contribution is 5.90. The Balaban J connectivity index is 1.68. The molecular weight excluding hydrogens is 318 g/mol. The number of aliphatic hydroxyl groups excluding tert-OH is 1. The zero-order chi connectivity index (χ0) is 18.0. The number of aliphatic hydroxyl groups is 1. The number of amides is 2. The number of nitrogens with zero attached hydrogens (tertiary/aromatic N) is 2. The third-order valence-corrected chi connectivity index (χ3v) is 4.81. The van der Waals surface area contributed by atoms with Gasteiger partial charge in [-0.2, -0.15) is 0 Å². The lowest BCUT2D eigenvalue weighted by Gasteiger charge is -2.23. The van der Waals surface area contributed by atoms with Gasteiger partial charge in [-0.1, -0.05) is 12.5 Å². The van der Waals surface area contributed by atoms with E-state index in [1.807, 2.05) is 32.0 Å². The van der Waals surface area contributed by atoms with E-state index < -0.39 is 0 Å². The number of urea groups is 1. The molecule has 1 aromatic carbocycles. The highest BCUT2D eigenvalue weighted by Crippen LogP contribution is 2.27. The second-order valence-electron chi connectivity index (χ2n) is 6.89. The number of anilines is 1. The normalized spacial score (nSPS) is 19.8. The van der Waals surface area contributed by atoms with Gasteiger partial charge in [0.25, 0.3) is 0 Å². The zero-order valence-electron chi connectivity index (χ0n) is 15.0. The van der Waals surface area contributed by atoms with Gasteiger partial charge in [0, 0.05) is 30.8 Å². The Morgan fingerprint density at radius 3 is 2.84 bits per heavy atom. The first-order chi connectivity index (χ1) is 11.9. The molecule has 1 saturated carbocycles. The third kappa shape index (κ3) is 4.02. The molecule has 0 aliphatic heterocycles. The summed E-state index contributed by atoms with van der Waals surface area (Å²) in [5.41, 5.74) is 3.40. The highest BCUT2D eigenvalue weighted by Gasteiger charge is 2.27. The van der Waals surface area contributed by atoms with Crippen LogP contribution in [0.2, 0.25) is 0 Å². The predicted molar refractivity (Wildman–Crippen MR) is 96.4 cm³/mol. The molecule has 0 spiro atoms. The molecule has 25 heavy (non-hydrogen) atoms. The molecule has 0 saturated heterocycles. The van der Waals surface area contributed by atoms with Crippen LogP contribution in [0, 0.1) is 19.8 Å². The average molecular weight is 343 g/mol. The number of oxazole rings is 1. The molecule has 0 radical (unpaired) electrons. The van der Waals surface area contributed by atoms with Gasteiger partial charge in [0.05, 0.1) is 11.8 Å². The SMILES string of the molecule is Cc1coc(-c2cc(NC(=O)N(C)CC3CCCC3O)ccc2C)n1. The predicted octanol–water partition coefficient (Wildman–Crippen LogP) is 3.58. The minimum atomic E-state index is -0.297. The van der Waals surface area contributed by atoms with Crippen LogP contribution in [0.4, 0.5) is 10.5 Å². The van der Waals surface area contributed by atoms with Crippen LogP contribution in [0.15, 0.2) is 28.9 Å². The maximum atomic E-state index is 12.4. The molecule has 6 heteroatoms. The van der Waals surface area contributed by atoms with Crippen LogP contribution < -0.4 is 5.32 Å². The molecule has 0 bridgehead atoms. The molecule has 134 valence electrons. The van der Waals surface area contributed by atoms with Gasteiger partial charge in [-0.05, 0) is 44.4 Å². The lowest BCUT2D eigenvalue weighted by Crippen LogP contribution is -2.37. The molecule has 6 nitrogen and oxygen atoms in total. The van der Waals surface area contributed by atoms with E-state index in [0.29, 0.717) is 18.1 Å². The molecular formula is C19H25N3O3. The molecule has 2 amide bonds. The van der Waals surface area contributed by atoms with E-state index in [-0.39, 0.29) is 18.1 Å². The van der Waals surface area contributed by atoms with Crippen molar-refractivity contribution in [2.24, 2.45) is 5.92 Å². The van der Waals surface area contributed by atoms with Crippen LogP contribution in [0.5, 0.6) is 0 Å². The number of aromatic nitrogens is 1. The van der Waals surface area contributed by atoms with Crippen molar-refractivity contribution in [2.75, 3.05) is 18.9 Å². The van der Waals surface area contributed by atoms with E-state index in [4.69, 9.17) is 4.42 Å². The molecule has 1 aromatic heterocycles. The molecule has 2 N–H and O–H groups in total. The number of carbonyl (C=O) groups is 1. The number of benzene rings is 1. The summed E-state index contributed by atoms with van der Waals surface area (Å²) < 4.78 is 5.48. The largest absolute Gasteiger partial charge is 0.444 e. The fourth-order valence-electron chi connectivity index (χ4n) is 3.29. The smallest absolute Gasteiger partial charge is 0.321 e. The van der Waals surface area contributed by atoms with Crippen LogP contribution >= 0.6 is 0 Å². The van der Waals surface area contributed by atoms with Gasteiger partial charge < -0.3 is 19.7 Å². The Kier molecular flexibility index (Phi) is 5.08. The van der Waals surface area contributed by atoms with E-state index in [9.17, 15) is 9.90 Å². The van der Waals surface area contributed by atoms with Gasteiger partial charge in [-0.15, -0.1) is 0 Å². The van der Waals surface area contributed by atoms with Gasteiger partial charge in [-0.3, -0.25) is 0 Å². The quantitative estimate of drug-likeness (QED) is 0.889. The summed E-state index contributed by atoms with van der Waals surface area (Å²) in [6, 6.07) is 5.49. The van der Waals surface area contributed by atoms with Crippen molar-refractivity contribution in [1.29, 1.82) is 0 Å². The van der Waals surface area contributed by atoms with Crippen LogP contribution in [0.1, 0.15) is 30.5 Å². The molecule has 1 aliphatic carbocycles. The van der Waals surface area contributed by atoms with Gasteiger partial charge >= 0.3 is 6.03 Å². The van der Waals surface area contributed by atoms with Crippen molar-refractivity contribution in [3.8, 4) is 11.5 Å². The number of hydrogen-bond acceptors (Lipinski definition) is 4. The first-order valence-electron chi connectivity index (χ1n) is 8.67. The first-order valence-corrected chi connectivity index (χ1v) is 8.67. The summed E-state index contributed by atoms with van der Waals surface area (Å²) in [6.07, 6.45) is 4.14. The number of aryl methyl sites for hydroxylation is 2. The third-order valence-electron chi connectivity index (χ3n) is 4.81. The number of rotatable bonds is 4. The molecule has 2 atom stereocenters. The zero-order valence-corrected chi connectivity index (χ0v) is 15.0. The van der Waals surface area contributed by atoms with E-state index >= 15 is 0 Å². The second-order valence-corrected chi connectivity index (χ2v) is 6.89. The molecule has 3 rings (SSSR count). The fraction of sp³-hybridized carbons (Fsp3) is 0.474. The molecule has 2 unspecified atom stereocenters. The van der Waals surface area contributed by atoms with Crippen molar-refractivity contribution >= 4 is 11.7 Å². The maximum absolute atomic E-state index is 12.4. The van der Waals surface area contributed by atoms with Crippen molar-refractivity contribution < 1.29 is 14.3 Å². The van der Waals surface area contributed by atoms with E-state index in [2.05, 4.69) is 10.3 Å². The topological polar surface area (TPSA) is 78.6 Å². The van der Waals surface area contributed by atoms with Gasteiger partial charge in [0.1, 0.15) is 6.26 Å². The standard InChI is InChI=1S/C19H25N3O3/c1-12-7-8-15(9-16(12)18-20-13(2)11-25-18)21-19(24)22(3)10-14-5-4-6-17(14)23/h7-9,11,14,17,23H,4-6,10H2,1-3H3,(H,21,24). The summed E-state index contributed by atoms with van der Waals surface area (Å²) >= 11 is 0. The summed E-state index contributed by atoms with van der Waals surface area (Å²) in [4.78, 5) is 18.4. The second kappa shape index (κ2) is 7.27. The van der Waals surface area contributed by atoms with Crippen LogP contribution in [-0.2, 0) is 0 Å². The van der Waals surface area contributed by atoms with Gasteiger partial charge in [0.15, 0.2) is 0 Å². The average Bonchev–Trinajstić information content (AvgIpc) is 3.18. The number of nitrogens with one attached hydrogen (secondary N) is 1. The van der Waals surface area contributed by atoms with E-state index in [1.54, 1.807) is 18.2 Å². The Bertz CT molecular complexity index is 756. The molecule has 2 aromatic rings. The number of hydrogen-bond donors (Lipinski definition) is 2. The molecule has 1 aliphatic rings. The minimum absolute atomic E-state index is 0.166. The van der Waals surface area contributed by atoms with Crippen LogP contribution in [-0.4, -0.2) is 40.7 Å². The monoisotopic (exact) mass is 343 g/mol. The summed E-state index contributed by atoms with van der Waals surface area (Å²) in [5, 5.41) is 12.8. The maximum Gasteiger partial charge on any atom is 0.321 e. The molecule has 1 fully saturated rings. The van der Waals surface area contributed by atoms with Gasteiger partial charge in [0.2, 0.25) is 5.89 Å². The summed E-state index contributed by atoms with van der Waals surface area (Å²) in [7, 11) is 1.76. The van der Waals surface area contributed by atoms with Crippen LogP contribution in [0.3, 0.4) is 0 Å². The Morgan fingerprint density at radius 1 is 1.40 bits per heavy atom. The highest BCUT2D eigenvalue weighted by atomic mass is 16.3. The Labute approximate surface area is 147 Å². The Morgan fingerprint density at radius 2 is 2.20 bits per heavy atom. The van der Waals surface area contributed by atoms with Crippen LogP contribution in [0.25, 0.3) is 11.5 Å². The van der Waals surface area contributed by atoms with E-state index in [1.165, 1.54) is 0 Å². The van der Waals surface area contributed by atoms with Crippen molar-refractivity contribution in [2.45, 2.75) is 39.2 Å². The first kappa shape index (κ1) is 17.5. The fourth-order valence-corrected chi connectivity index (χ4v) is 3.29. The Hall–Kier alpha value is -2.34. The van der Waals surface area contributed by atoms with Crippen molar-refractivity contribution in [3.05, 3.63) is 35.7 Å². The lowest BCUT2D eigenvalue weighted by atomic mass is 10.1. The van der Waals surface area contributed by atoms with Gasteiger partial charge in [-0.25, -0.2) is 9.78 Å². The van der Waals surface area contributed by atoms with Crippen molar-refractivity contribution in [1.82, 2.24) is 9.88 Å². The molecule has 1 heterocycles.